The van der Waals surface area contributed by atoms with E-state index < -0.39 is 18.1 Å². The molecule has 0 radical (unpaired) electrons. The van der Waals surface area contributed by atoms with Crippen molar-refractivity contribution in [3.8, 4) is 0 Å². The van der Waals surface area contributed by atoms with E-state index in [-0.39, 0.29) is 37.7 Å². The Morgan fingerprint density at radius 1 is 1.00 bits per heavy atom. The molecule has 0 rings (SSSR count). The minimum atomic E-state index is -4.63. The molecule has 0 amide bonds. The fraction of sp³-hybridized carbons (Fsp3) is 1.00. The van der Waals surface area contributed by atoms with E-state index >= 15 is 0 Å². The van der Waals surface area contributed by atoms with Gasteiger partial charge in [-0.3, -0.25) is 0 Å². The van der Waals surface area contributed by atoms with E-state index in [1.54, 1.807) is 0 Å². The van der Waals surface area contributed by atoms with E-state index in [9.17, 15) is 9.59 Å². The smallest absolute Gasteiger partial charge is 0.828 e. The van der Waals surface area contributed by atoms with Crippen LogP contribution in [-0.4, -0.2) is 86.9 Å². The van der Waals surface area contributed by atoms with Gasteiger partial charge in [-0.25, -0.2) is 0 Å². The Hall–Kier alpha value is 1.37. The summed E-state index contributed by atoms with van der Waals surface area (Å²) in [6.07, 6.45) is 0. The molecular weight excluding hydrogens is 236 g/mol. The van der Waals surface area contributed by atoms with Crippen molar-refractivity contribution in [2.75, 3.05) is 7.11 Å². The zero-order valence-corrected chi connectivity index (χ0v) is 10.4. The van der Waals surface area contributed by atoms with E-state index in [1.807, 2.05) is 0 Å². The molecule has 8 nitrogen and oxygen atoms in total. The van der Waals surface area contributed by atoms with Crippen LogP contribution in [0.15, 0.2) is 0 Å². The topological polar surface area (TPSA) is 156 Å². The summed E-state index contributed by atoms with van der Waals surface area (Å²) in [4.78, 5) is 55.7. The second kappa shape index (κ2) is 7.75. The molecule has 0 saturated heterocycles. The summed E-state index contributed by atoms with van der Waals surface area (Å²) in [5, 5.41) is 0. The molecule has 0 aromatic carbocycles. The van der Waals surface area contributed by atoms with Crippen LogP contribution in [0.25, 0.3) is 0 Å². The van der Waals surface area contributed by atoms with Gasteiger partial charge in [0.15, 0.2) is 0 Å². The first-order valence-corrected chi connectivity index (χ1v) is 5.60. The molecule has 0 saturated carbocycles. The normalized spacial score (nSPS) is 11.0. The Morgan fingerprint density at radius 3 is 1.08 bits per heavy atom. The van der Waals surface area contributed by atoms with Crippen molar-refractivity contribution in [2.24, 2.45) is 0 Å². The summed E-state index contributed by atoms with van der Waals surface area (Å²) in [6, 6.07) is 0. The molecule has 0 spiro atoms. The Bertz CT molecular complexity index is 88.2. The SMILES string of the molecule is CO[Si]([O-])([O-])O.O[Si](O)(O)O.[Ca+2]. The number of rotatable bonds is 1. The van der Waals surface area contributed by atoms with Crippen LogP contribution in [0.5, 0.6) is 0 Å². The maximum absolute atomic E-state index is 9.39. The zero-order chi connectivity index (χ0) is 9.71. The molecule has 0 aromatic rings. The number of hydrogen-bond acceptors (Lipinski definition) is 8. The Kier molecular flexibility index (Phi) is 12.3. The quantitative estimate of drug-likeness (QED) is 0.285. The first-order valence-electron chi connectivity index (χ1n) is 2.14. The van der Waals surface area contributed by atoms with Gasteiger partial charge in [0.2, 0.25) is 0 Å². The third kappa shape index (κ3) is 64.0. The molecule has 0 heterocycles. The van der Waals surface area contributed by atoms with Crippen molar-refractivity contribution in [2.45, 2.75) is 0 Å². The van der Waals surface area contributed by atoms with E-state index in [2.05, 4.69) is 4.43 Å². The first-order chi connectivity index (χ1) is 4.56. The molecule has 0 bridgehead atoms. The average Bonchev–Trinajstić information content (AvgIpc) is 1.59. The van der Waals surface area contributed by atoms with Gasteiger partial charge in [-0.1, -0.05) is 0 Å². The fourth-order valence-corrected chi connectivity index (χ4v) is 0. The molecule has 0 aliphatic heterocycles. The standard InChI is InChI=1S/CH4O4Si.Ca.H4O4Si/c1-5-6(2,3)4;;1-5(2,3)4/h2H,1H3;;1-4H/q-2;+2;. The summed E-state index contributed by atoms with van der Waals surface area (Å²) in [7, 11) is -8.35. The molecule has 0 aliphatic rings. The third-order valence-electron chi connectivity index (χ3n) is 0.258. The van der Waals surface area contributed by atoms with Gasteiger partial charge in [-0.15, -0.1) is 0 Å². The molecule has 0 aromatic heterocycles. The largest absolute Gasteiger partial charge is 2.00 e. The maximum atomic E-state index is 9.39. The number of hydrogen-bond donors (Lipinski definition) is 5. The molecule has 11 heteroatoms. The molecule has 0 unspecified atom stereocenters. The maximum Gasteiger partial charge on any atom is 2.00 e. The molecule has 0 aliphatic carbocycles. The van der Waals surface area contributed by atoms with Crippen LogP contribution in [0.3, 0.4) is 0 Å². The van der Waals surface area contributed by atoms with Crippen LogP contribution in [0.1, 0.15) is 0 Å². The summed E-state index contributed by atoms with van der Waals surface area (Å²) in [5.74, 6) is 0. The van der Waals surface area contributed by atoms with Gasteiger partial charge in [0, 0.05) is 7.11 Å². The van der Waals surface area contributed by atoms with Crippen molar-refractivity contribution in [1.29, 1.82) is 0 Å². The van der Waals surface area contributed by atoms with Gasteiger partial charge in [0.1, 0.15) is 9.05 Å². The van der Waals surface area contributed by atoms with E-state index in [4.69, 9.17) is 24.0 Å². The Balaban J connectivity index is -0.000000126. The molecule has 12 heavy (non-hydrogen) atoms. The predicted molar refractivity (Wildman–Crippen MR) is 35.4 cm³/mol. The van der Waals surface area contributed by atoms with Gasteiger partial charge in [0.25, 0.3) is 0 Å². The first kappa shape index (κ1) is 19.0. The van der Waals surface area contributed by atoms with Gasteiger partial charge >= 0.3 is 46.8 Å². The van der Waals surface area contributed by atoms with E-state index in [0.29, 0.717) is 0 Å². The molecule has 70 valence electrons. The van der Waals surface area contributed by atoms with Gasteiger partial charge in [-0.2, -0.15) is 0 Å². The van der Waals surface area contributed by atoms with Crippen LogP contribution >= 0.6 is 0 Å². The monoisotopic (exact) mass is 244 g/mol. The Morgan fingerprint density at radius 2 is 1.08 bits per heavy atom. The second-order valence-electron chi connectivity index (χ2n) is 1.33. The van der Waals surface area contributed by atoms with Crippen LogP contribution in [-0.2, 0) is 4.43 Å². The van der Waals surface area contributed by atoms with Crippen molar-refractivity contribution in [3.63, 3.8) is 0 Å². The average molecular weight is 244 g/mol. The van der Waals surface area contributed by atoms with Crippen LogP contribution < -0.4 is 9.59 Å². The molecular formula is CH8CaO8Si2. The summed E-state index contributed by atoms with van der Waals surface area (Å²) in [5.41, 5.74) is 0. The minimum absolute atomic E-state index is 0. The summed E-state index contributed by atoms with van der Waals surface area (Å²) >= 11 is 0. The van der Waals surface area contributed by atoms with Gasteiger partial charge in [-0.05, 0) is 0 Å². The van der Waals surface area contributed by atoms with Crippen LogP contribution in [0.2, 0.25) is 0 Å². The van der Waals surface area contributed by atoms with Gasteiger partial charge < -0.3 is 38.0 Å². The van der Waals surface area contributed by atoms with Gasteiger partial charge in [0.05, 0.1) is 0 Å². The zero-order valence-electron chi connectivity index (χ0n) is 6.17. The van der Waals surface area contributed by atoms with Crippen LogP contribution in [0, 0.1) is 0 Å². The minimum Gasteiger partial charge on any atom is -0.828 e. The summed E-state index contributed by atoms with van der Waals surface area (Å²) < 4.78 is 3.52. The van der Waals surface area contributed by atoms with Crippen molar-refractivity contribution in [1.82, 2.24) is 0 Å². The van der Waals surface area contributed by atoms with Crippen molar-refractivity contribution >= 4 is 55.8 Å². The van der Waals surface area contributed by atoms with Crippen LogP contribution in [0.4, 0.5) is 0 Å². The molecule has 5 N–H and O–H groups in total. The predicted octanol–water partition coefficient (Wildman–Crippen LogP) is -6.21. The second-order valence-corrected chi connectivity index (χ2v) is 3.98. The fourth-order valence-electron chi connectivity index (χ4n) is 0. The Labute approximate surface area is 100 Å². The third-order valence-corrected chi connectivity index (χ3v) is 0.774. The molecule has 0 atom stereocenters. The van der Waals surface area contributed by atoms with E-state index in [1.165, 1.54) is 0 Å². The van der Waals surface area contributed by atoms with Crippen molar-refractivity contribution in [3.05, 3.63) is 0 Å². The van der Waals surface area contributed by atoms with Crippen molar-refractivity contribution < 1.29 is 38.0 Å². The molecule has 0 fully saturated rings. The van der Waals surface area contributed by atoms with E-state index in [0.717, 1.165) is 7.11 Å². The summed E-state index contributed by atoms with van der Waals surface area (Å²) in [6.45, 7) is 0.